The van der Waals surface area contributed by atoms with E-state index in [-0.39, 0.29) is 0 Å². The van der Waals surface area contributed by atoms with E-state index in [1.54, 1.807) is 17.5 Å². The van der Waals surface area contributed by atoms with E-state index >= 15 is 0 Å². The van der Waals surface area contributed by atoms with Crippen molar-refractivity contribution in [2.45, 2.75) is 33.6 Å². The molecule has 5 heteroatoms. The largest absolute Gasteiger partial charge is 0.324 e. The molecular weight excluding hydrogens is 328 g/mol. The van der Waals surface area contributed by atoms with Gasteiger partial charge in [0.05, 0.1) is 16.3 Å². The van der Waals surface area contributed by atoms with Gasteiger partial charge in [0, 0.05) is 11.9 Å². The summed E-state index contributed by atoms with van der Waals surface area (Å²) in [5, 5.41) is 4.31. The fourth-order valence-electron chi connectivity index (χ4n) is 2.49. The number of benzene rings is 1. The number of hydrogen-bond acceptors (Lipinski definition) is 5. The molecule has 0 aliphatic heterocycles. The van der Waals surface area contributed by atoms with Crippen LogP contribution in [0.4, 0.5) is 11.6 Å². The Morgan fingerprint density at radius 3 is 2.84 bits per heavy atom. The number of hydrogen-bond donors (Lipinski definition) is 1. The van der Waals surface area contributed by atoms with E-state index in [4.69, 9.17) is 0 Å². The molecule has 0 spiro atoms. The maximum atomic E-state index is 4.67. The second kappa shape index (κ2) is 8.03. The maximum absolute atomic E-state index is 4.67. The topological polar surface area (TPSA) is 50.7 Å². The molecule has 128 valence electrons. The van der Waals surface area contributed by atoms with Gasteiger partial charge in [0.2, 0.25) is 5.95 Å². The van der Waals surface area contributed by atoms with Crippen LogP contribution < -0.4 is 5.32 Å². The van der Waals surface area contributed by atoms with Gasteiger partial charge in [-0.25, -0.2) is 15.0 Å². The van der Waals surface area contributed by atoms with Crippen LogP contribution in [0.15, 0.2) is 42.6 Å². The molecule has 2 heterocycles. The molecular formula is C20H22N4S. The summed E-state index contributed by atoms with van der Waals surface area (Å²) in [7, 11) is 0. The Kier molecular flexibility index (Phi) is 5.56. The lowest BCUT2D eigenvalue weighted by molar-refractivity contribution is 1.13. The minimum atomic E-state index is 0.601. The van der Waals surface area contributed by atoms with Crippen molar-refractivity contribution < 1.29 is 0 Å². The summed E-state index contributed by atoms with van der Waals surface area (Å²) in [6, 6.07) is 10.3. The van der Waals surface area contributed by atoms with Gasteiger partial charge in [0.25, 0.3) is 0 Å². The van der Waals surface area contributed by atoms with E-state index in [1.807, 2.05) is 25.1 Å². The number of aryl methyl sites for hydroxylation is 2. The molecule has 0 bridgehead atoms. The van der Waals surface area contributed by atoms with Gasteiger partial charge in [0.15, 0.2) is 0 Å². The number of nitrogens with one attached hydrogen (secondary N) is 1. The fraction of sp³-hybridized carbons (Fsp3) is 0.250. The predicted molar refractivity (Wildman–Crippen MR) is 106 cm³/mol. The molecule has 3 rings (SSSR count). The van der Waals surface area contributed by atoms with E-state index in [0.29, 0.717) is 5.95 Å². The minimum Gasteiger partial charge on any atom is -0.324 e. The van der Waals surface area contributed by atoms with E-state index in [1.165, 1.54) is 5.56 Å². The van der Waals surface area contributed by atoms with Crippen molar-refractivity contribution in [1.82, 2.24) is 15.0 Å². The molecule has 4 nitrogen and oxygen atoms in total. The van der Waals surface area contributed by atoms with Crippen LogP contribution in [0.3, 0.4) is 0 Å². The monoisotopic (exact) mass is 350 g/mol. The molecule has 3 aromatic rings. The van der Waals surface area contributed by atoms with Crippen molar-refractivity contribution >= 4 is 29.0 Å². The van der Waals surface area contributed by atoms with Crippen LogP contribution in [0.25, 0.3) is 16.6 Å². The number of rotatable bonds is 6. The average molecular weight is 350 g/mol. The third kappa shape index (κ3) is 4.31. The molecule has 0 fully saturated rings. The molecule has 2 aromatic heterocycles. The highest BCUT2D eigenvalue weighted by molar-refractivity contribution is 7.16. The maximum Gasteiger partial charge on any atom is 0.227 e. The van der Waals surface area contributed by atoms with E-state index in [2.05, 4.69) is 58.4 Å². The molecule has 0 radical (unpaired) electrons. The Hall–Kier alpha value is -2.53. The Bertz CT molecular complexity index is 883. The summed E-state index contributed by atoms with van der Waals surface area (Å²) in [6.45, 7) is 6.29. The molecule has 1 N–H and O–H groups in total. The molecule has 0 saturated carbocycles. The summed E-state index contributed by atoms with van der Waals surface area (Å²) in [5.41, 5.74) is 4.18. The van der Waals surface area contributed by atoms with Crippen molar-refractivity contribution in [3.8, 4) is 10.6 Å². The van der Waals surface area contributed by atoms with Crippen LogP contribution in [0.5, 0.6) is 0 Å². The summed E-state index contributed by atoms with van der Waals surface area (Å²) in [5.74, 6) is 0.601. The first-order chi connectivity index (χ1) is 12.2. The summed E-state index contributed by atoms with van der Waals surface area (Å²) in [4.78, 5) is 14.7. The lowest BCUT2D eigenvalue weighted by atomic mass is 10.1. The Morgan fingerprint density at radius 2 is 2.04 bits per heavy atom. The van der Waals surface area contributed by atoms with Gasteiger partial charge in [-0.2, -0.15) is 0 Å². The standard InChI is InChI=1S/C20H22N4S/c1-4-6-10-18-22-14(3)19(25-18)17-11-12-21-20(24-17)23-16-9-7-8-15(5-2)13-16/h6-13H,4-5H2,1-3H3,(H,21,23,24)/b10-6-. The third-order valence-electron chi connectivity index (χ3n) is 3.79. The Labute approximate surface area is 152 Å². The summed E-state index contributed by atoms with van der Waals surface area (Å²) >= 11 is 1.66. The van der Waals surface area contributed by atoms with Crippen LogP contribution >= 0.6 is 11.3 Å². The first kappa shape index (κ1) is 17.3. The average Bonchev–Trinajstić information content (AvgIpc) is 3.01. The number of aromatic nitrogens is 3. The zero-order chi connectivity index (χ0) is 17.6. The lowest BCUT2D eigenvalue weighted by Crippen LogP contribution is -1.98. The number of anilines is 2. The first-order valence-corrected chi connectivity index (χ1v) is 9.34. The molecule has 0 saturated heterocycles. The summed E-state index contributed by atoms with van der Waals surface area (Å²) < 4.78 is 0. The predicted octanol–water partition coefficient (Wildman–Crippen LogP) is 5.64. The zero-order valence-corrected chi connectivity index (χ0v) is 15.6. The van der Waals surface area contributed by atoms with E-state index in [9.17, 15) is 0 Å². The zero-order valence-electron chi connectivity index (χ0n) is 14.8. The van der Waals surface area contributed by atoms with E-state index < -0.39 is 0 Å². The highest BCUT2D eigenvalue weighted by Gasteiger charge is 2.11. The highest BCUT2D eigenvalue weighted by Crippen LogP contribution is 2.30. The van der Waals surface area contributed by atoms with Crippen LogP contribution in [-0.4, -0.2) is 15.0 Å². The van der Waals surface area contributed by atoms with Gasteiger partial charge in [-0.05, 0) is 49.6 Å². The van der Waals surface area contributed by atoms with Crippen LogP contribution in [-0.2, 0) is 6.42 Å². The minimum absolute atomic E-state index is 0.601. The molecule has 0 aliphatic carbocycles. The van der Waals surface area contributed by atoms with Gasteiger partial charge in [-0.1, -0.05) is 32.1 Å². The van der Waals surface area contributed by atoms with Crippen LogP contribution in [0.1, 0.15) is 36.5 Å². The molecule has 0 atom stereocenters. The number of nitrogens with zero attached hydrogens (tertiary/aromatic N) is 3. The second-order valence-electron chi connectivity index (χ2n) is 5.72. The summed E-state index contributed by atoms with van der Waals surface area (Å²) in [6.07, 6.45) is 7.99. The SMILES string of the molecule is CC/C=C\c1nc(C)c(-c2ccnc(Nc3cccc(CC)c3)n2)s1. The lowest BCUT2D eigenvalue weighted by Gasteiger charge is -2.07. The number of thiazole rings is 1. The Morgan fingerprint density at radius 1 is 1.16 bits per heavy atom. The van der Waals surface area contributed by atoms with Crippen LogP contribution in [0, 0.1) is 6.92 Å². The first-order valence-electron chi connectivity index (χ1n) is 8.53. The third-order valence-corrected chi connectivity index (χ3v) is 4.93. The van der Waals surface area contributed by atoms with Crippen molar-refractivity contribution in [1.29, 1.82) is 0 Å². The van der Waals surface area contributed by atoms with Gasteiger partial charge >= 0.3 is 0 Å². The Balaban J connectivity index is 1.86. The van der Waals surface area contributed by atoms with E-state index in [0.717, 1.165) is 39.8 Å². The van der Waals surface area contributed by atoms with Crippen molar-refractivity contribution in [2.75, 3.05) is 5.32 Å². The molecule has 0 amide bonds. The van der Waals surface area contributed by atoms with Gasteiger partial charge in [-0.3, -0.25) is 0 Å². The number of allylic oxidation sites excluding steroid dienone is 1. The normalized spacial score (nSPS) is 11.2. The molecule has 0 unspecified atom stereocenters. The van der Waals surface area contributed by atoms with Gasteiger partial charge in [-0.15, -0.1) is 11.3 Å². The second-order valence-corrected chi connectivity index (χ2v) is 6.75. The quantitative estimate of drug-likeness (QED) is 0.625. The smallest absolute Gasteiger partial charge is 0.227 e. The van der Waals surface area contributed by atoms with Gasteiger partial charge in [0.1, 0.15) is 5.01 Å². The van der Waals surface area contributed by atoms with Gasteiger partial charge < -0.3 is 5.32 Å². The molecule has 1 aromatic carbocycles. The van der Waals surface area contributed by atoms with Crippen molar-refractivity contribution in [2.24, 2.45) is 0 Å². The highest BCUT2D eigenvalue weighted by atomic mass is 32.1. The van der Waals surface area contributed by atoms with Crippen molar-refractivity contribution in [3.63, 3.8) is 0 Å². The molecule has 25 heavy (non-hydrogen) atoms. The fourth-order valence-corrected chi connectivity index (χ4v) is 3.46. The van der Waals surface area contributed by atoms with Crippen LogP contribution in [0.2, 0.25) is 0 Å². The van der Waals surface area contributed by atoms with Crippen molar-refractivity contribution in [3.05, 3.63) is 58.9 Å². The molecule has 0 aliphatic rings.